The van der Waals surface area contributed by atoms with Crippen molar-refractivity contribution in [1.29, 1.82) is 0 Å². The molecule has 0 spiro atoms. The lowest BCUT2D eigenvalue weighted by molar-refractivity contribution is 0.319. The second-order valence-corrected chi connectivity index (χ2v) is 4.78. The van der Waals surface area contributed by atoms with E-state index in [1.807, 2.05) is 12.4 Å². The molecule has 0 aromatic carbocycles. The van der Waals surface area contributed by atoms with E-state index in [-0.39, 0.29) is 0 Å². The minimum Gasteiger partial charge on any atom is -0.380 e. The molecule has 1 saturated carbocycles. The molecule has 0 aliphatic heterocycles. The van der Waals surface area contributed by atoms with Crippen LogP contribution in [0.1, 0.15) is 45.4 Å². The van der Waals surface area contributed by atoms with Crippen LogP contribution >= 0.6 is 0 Å². The Morgan fingerprint density at radius 3 is 2.50 bits per heavy atom. The first kappa shape index (κ1) is 11.4. The summed E-state index contributed by atoms with van der Waals surface area (Å²) in [7, 11) is 0. The normalized spacial score (nSPS) is 25.3. The molecule has 16 heavy (non-hydrogen) atoms. The zero-order valence-corrected chi connectivity index (χ0v) is 10.0. The molecule has 3 nitrogen and oxygen atoms in total. The fourth-order valence-corrected chi connectivity index (χ4v) is 2.61. The van der Waals surface area contributed by atoms with E-state index < -0.39 is 0 Å². The Balaban J connectivity index is 1.77. The number of hydrogen-bond acceptors (Lipinski definition) is 3. The molecule has 0 bridgehead atoms. The van der Waals surface area contributed by atoms with Gasteiger partial charge in [0.05, 0.1) is 18.1 Å². The predicted molar refractivity (Wildman–Crippen MR) is 66.3 cm³/mol. The van der Waals surface area contributed by atoms with Crippen LogP contribution in [0.3, 0.4) is 0 Å². The zero-order valence-electron chi connectivity index (χ0n) is 10.0. The maximum Gasteiger partial charge on any atom is 0.115 e. The molecule has 0 atom stereocenters. The lowest BCUT2D eigenvalue weighted by Crippen LogP contribution is -2.26. The van der Waals surface area contributed by atoms with Crippen LogP contribution in [-0.2, 0) is 0 Å². The smallest absolute Gasteiger partial charge is 0.115 e. The zero-order chi connectivity index (χ0) is 11.2. The highest BCUT2D eigenvalue weighted by Gasteiger charge is 2.20. The molecule has 1 aromatic heterocycles. The molecule has 0 amide bonds. The SMILES string of the molecule is CCCC1CCC(Nc2cncnc2)CC1. The van der Waals surface area contributed by atoms with E-state index in [1.165, 1.54) is 38.5 Å². The van der Waals surface area contributed by atoms with Crippen LogP contribution < -0.4 is 5.32 Å². The number of rotatable bonds is 4. The van der Waals surface area contributed by atoms with Gasteiger partial charge in [-0.25, -0.2) is 9.97 Å². The lowest BCUT2D eigenvalue weighted by Gasteiger charge is -2.29. The van der Waals surface area contributed by atoms with Crippen molar-refractivity contribution < 1.29 is 0 Å². The van der Waals surface area contributed by atoms with Crippen molar-refractivity contribution >= 4 is 5.69 Å². The first-order valence-electron chi connectivity index (χ1n) is 6.40. The summed E-state index contributed by atoms with van der Waals surface area (Å²) >= 11 is 0. The average Bonchev–Trinajstić information content (AvgIpc) is 2.33. The van der Waals surface area contributed by atoms with Crippen molar-refractivity contribution in [3.05, 3.63) is 18.7 Å². The van der Waals surface area contributed by atoms with Gasteiger partial charge in [-0.2, -0.15) is 0 Å². The number of anilines is 1. The highest BCUT2D eigenvalue weighted by molar-refractivity contribution is 5.38. The summed E-state index contributed by atoms with van der Waals surface area (Å²) in [5.74, 6) is 0.968. The summed E-state index contributed by atoms with van der Waals surface area (Å²) in [5.41, 5.74) is 1.06. The molecule has 1 fully saturated rings. The van der Waals surface area contributed by atoms with Gasteiger partial charge < -0.3 is 5.32 Å². The van der Waals surface area contributed by atoms with Gasteiger partial charge in [-0.3, -0.25) is 0 Å². The molecule has 1 aliphatic rings. The minimum absolute atomic E-state index is 0.624. The highest BCUT2D eigenvalue weighted by Crippen LogP contribution is 2.29. The summed E-state index contributed by atoms with van der Waals surface area (Å²) in [6, 6.07) is 0.624. The highest BCUT2D eigenvalue weighted by atomic mass is 15.0. The largest absolute Gasteiger partial charge is 0.380 e. The quantitative estimate of drug-likeness (QED) is 0.844. The summed E-state index contributed by atoms with van der Waals surface area (Å²) in [4.78, 5) is 8.04. The molecule has 1 heterocycles. The summed E-state index contributed by atoms with van der Waals surface area (Å²) < 4.78 is 0. The maximum atomic E-state index is 4.02. The second kappa shape index (κ2) is 5.83. The van der Waals surface area contributed by atoms with Crippen LogP contribution in [0, 0.1) is 5.92 Å². The van der Waals surface area contributed by atoms with E-state index in [4.69, 9.17) is 0 Å². The Labute approximate surface area is 97.7 Å². The molecule has 0 saturated heterocycles. The number of nitrogens with one attached hydrogen (secondary N) is 1. The molecule has 2 rings (SSSR count). The molecule has 1 N–H and O–H groups in total. The average molecular weight is 219 g/mol. The van der Waals surface area contributed by atoms with Crippen molar-refractivity contribution in [2.24, 2.45) is 5.92 Å². The summed E-state index contributed by atoms with van der Waals surface area (Å²) in [6.45, 7) is 2.28. The Hall–Kier alpha value is -1.12. The van der Waals surface area contributed by atoms with Crippen molar-refractivity contribution in [2.45, 2.75) is 51.5 Å². The van der Waals surface area contributed by atoms with E-state index in [2.05, 4.69) is 22.2 Å². The first-order valence-corrected chi connectivity index (χ1v) is 6.40. The van der Waals surface area contributed by atoms with Crippen LogP contribution in [0.25, 0.3) is 0 Å². The van der Waals surface area contributed by atoms with E-state index in [9.17, 15) is 0 Å². The third-order valence-electron chi connectivity index (χ3n) is 3.48. The standard InChI is InChI=1S/C13H21N3/c1-2-3-11-4-6-12(7-5-11)16-13-8-14-10-15-9-13/h8-12,16H,2-7H2,1H3. The van der Waals surface area contributed by atoms with Crippen LogP contribution in [0.2, 0.25) is 0 Å². The predicted octanol–water partition coefficient (Wildman–Crippen LogP) is 3.25. The van der Waals surface area contributed by atoms with Crippen LogP contribution in [-0.4, -0.2) is 16.0 Å². The van der Waals surface area contributed by atoms with E-state index in [0.29, 0.717) is 6.04 Å². The van der Waals surface area contributed by atoms with Gasteiger partial charge >= 0.3 is 0 Å². The van der Waals surface area contributed by atoms with Gasteiger partial charge in [-0.1, -0.05) is 19.8 Å². The van der Waals surface area contributed by atoms with Crippen molar-refractivity contribution in [3.8, 4) is 0 Å². The third kappa shape index (κ3) is 3.19. The minimum atomic E-state index is 0.624. The third-order valence-corrected chi connectivity index (χ3v) is 3.48. The van der Waals surface area contributed by atoms with Crippen molar-refractivity contribution in [1.82, 2.24) is 9.97 Å². The Kier molecular flexibility index (Phi) is 4.14. The molecule has 0 unspecified atom stereocenters. The van der Waals surface area contributed by atoms with Gasteiger partial charge in [0.25, 0.3) is 0 Å². The summed E-state index contributed by atoms with van der Waals surface area (Å²) in [6.07, 6.45) is 13.3. The second-order valence-electron chi connectivity index (χ2n) is 4.78. The van der Waals surface area contributed by atoms with Gasteiger partial charge in [-0.15, -0.1) is 0 Å². The fourth-order valence-electron chi connectivity index (χ4n) is 2.61. The maximum absolute atomic E-state index is 4.02. The van der Waals surface area contributed by atoms with E-state index in [0.717, 1.165) is 11.6 Å². The first-order chi connectivity index (χ1) is 7.88. The molecular weight excluding hydrogens is 198 g/mol. The monoisotopic (exact) mass is 219 g/mol. The topological polar surface area (TPSA) is 37.8 Å². The van der Waals surface area contributed by atoms with Gasteiger partial charge in [0.2, 0.25) is 0 Å². The molecule has 88 valence electrons. The molecule has 1 aliphatic carbocycles. The molecule has 1 aromatic rings. The molecule has 3 heteroatoms. The summed E-state index contributed by atoms with van der Waals surface area (Å²) in [5, 5.41) is 3.52. The fraction of sp³-hybridized carbons (Fsp3) is 0.692. The number of aromatic nitrogens is 2. The van der Waals surface area contributed by atoms with Gasteiger partial charge in [-0.05, 0) is 31.6 Å². The molecular formula is C13H21N3. The number of nitrogens with zero attached hydrogens (tertiary/aromatic N) is 2. The van der Waals surface area contributed by atoms with Gasteiger partial charge in [0.1, 0.15) is 6.33 Å². The van der Waals surface area contributed by atoms with Crippen molar-refractivity contribution in [3.63, 3.8) is 0 Å². The van der Waals surface area contributed by atoms with E-state index >= 15 is 0 Å². The van der Waals surface area contributed by atoms with Gasteiger partial charge in [0, 0.05) is 6.04 Å². The van der Waals surface area contributed by atoms with Crippen LogP contribution in [0.4, 0.5) is 5.69 Å². The van der Waals surface area contributed by atoms with E-state index in [1.54, 1.807) is 6.33 Å². The van der Waals surface area contributed by atoms with Gasteiger partial charge in [0.15, 0.2) is 0 Å². The lowest BCUT2D eigenvalue weighted by atomic mass is 9.83. The van der Waals surface area contributed by atoms with Crippen LogP contribution in [0.15, 0.2) is 18.7 Å². The Morgan fingerprint density at radius 1 is 1.19 bits per heavy atom. The number of hydrogen-bond donors (Lipinski definition) is 1. The van der Waals surface area contributed by atoms with Crippen LogP contribution in [0.5, 0.6) is 0 Å². The molecule has 0 radical (unpaired) electrons. The Bertz CT molecular complexity index is 291. The van der Waals surface area contributed by atoms with Crippen molar-refractivity contribution in [2.75, 3.05) is 5.32 Å². The Morgan fingerprint density at radius 2 is 1.88 bits per heavy atom.